The van der Waals surface area contributed by atoms with Gasteiger partial charge in [0.15, 0.2) is 20.5 Å². The highest BCUT2D eigenvalue weighted by Gasteiger charge is 2.34. The monoisotopic (exact) mass is 1480 g/mol. The predicted octanol–water partition coefficient (Wildman–Crippen LogP) is 15.5. The number of hydrogen-bond donors (Lipinski definition) is 7. The summed E-state index contributed by atoms with van der Waals surface area (Å²) in [4.78, 5) is 66.4. The number of anilines is 2. The van der Waals surface area contributed by atoms with Crippen molar-refractivity contribution in [1.82, 2.24) is 15.0 Å². The number of carboxylic acids is 2. The van der Waals surface area contributed by atoms with Crippen LogP contribution >= 0.6 is 46.4 Å². The zero-order chi connectivity index (χ0) is 74.8. The third-order valence-electron chi connectivity index (χ3n) is 11.9. The van der Waals surface area contributed by atoms with Gasteiger partial charge in [0.1, 0.15) is 51.9 Å². The average Bonchev–Trinajstić information content (AvgIpc) is 0.852. The van der Waals surface area contributed by atoms with Crippen LogP contribution in [0.4, 0.5) is 37.7 Å². The first kappa shape index (κ1) is 83.2. The van der Waals surface area contributed by atoms with E-state index in [1.54, 1.807) is 91.0 Å². The number of hydrogen-bond acceptors (Lipinski definition) is 15. The first-order valence-corrected chi connectivity index (χ1v) is 33.8. The summed E-state index contributed by atoms with van der Waals surface area (Å²) >= 11 is 21.9. The van der Waals surface area contributed by atoms with E-state index in [2.05, 4.69) is 26.0 Å². The van der Waals surface area contributed by atoms with E-state index in [9.17, 15) is 55.5 Å². The van der Waals surface area contributed by atoms with Crippen LogP contribution in [0.15, 0.2) is 189 Å². The second-order valence-corrected chi connectivity index (χ2v) is 27.5. The molecule has 5 aromatic carbocycles. The second kappa shape index (κ2) is 41.3. The Morgan fingerprint density at radius 3 is 1.34 bits per heavy atom. The van der Waals surface area contributed by atoms with E-state index in [1.165, 1.54) is 73.4 Å². The summed E-state index contributed by atoms with van der Waals surface area (Å²) in [7, 11) is -1.33. The molecule has 0 atom stereocenters. The first-order valence-electron chi connectivity index (χ1n) is 28.8. The molecule has 0 spiro atoms. The maximum absolute atomic E-state index is 12.9. The van der Waals surface area contributed by atoms with Crippen LogP contribution in [0, 0.1) is 27.5 Å². The molecule has 0 aliphatic heterocycles. The maximum Gasteiger partial charge on any atom is 0.417 e. The smallest absolute Gasteiger partial charge is 0.417 e. The van der Waals surface area contributed by atoms with E-state index in [4.69, 9.17) is 98.9 Å². The molecule has 524 valence electrons. The molecule has 4 heterocycles. The zero-order valence-electron chi connectivity index (χ0n) is 52.9. The van der Waals surface area contributed by atoms with Gasteiger partial charge >= 0.3 is 24.3 Å². The molecule has 4 aromatic heterocycles. The summed E-state index contributed by atoms with van der Waals surface area (Å²) in [6.45, 7) is 6.06. The summed E-state index contributed by atoms with van der Waals surface area (Å²) in [5.41, 5.74) is 19.1. The number of nitrogens with one attached hydrogen (secondary N) is 1. The fraction of sp³-hybridized carbons (Fsp3) is 0.162. The lowest BCUT2D eigenvalue weighted by molar-refractivity contribution is -0.605. The number of phenols is 1. The number of aliphatic carboxylic acids is 2. The summed E-state index contributed by atoms with van der Waals surface area (Å²) < 4.78 is 87.0. The average molecular weight is 1480 g/mol. The van der Waals surface area contributed by atoms with Crippen molar-refractivity contribution < 1.29 is 79.8 Å². The van der Waals surface area contributed by atoms with Crippen molar-refractivity contribution in [2.45, 2.75) is 70.5 Å². The molecule has 100 heavy (non-hydrogen) atoms. The Kier molecular flexibility index (Phi) is 34.4. The van der Waals surface area contributed by atoms with E-state index in [1.807, 2.05) is 25.7 Å². The fourth-order valence-electron chi connectivity index (χ4n) is 7.03. The standard InChI is InChI=1S/C22H17ClF3N3O3.C15H14N2O4.C9H10O3.C7H5ClF3N.C6H3ClN2.C5H4ClNO.C4H9NSi/c23-18-7-4-14(11-17(18)22(24,25)26)29-20(30)8-3-13-1-5-15(6-2-13)32-16-9-10-28-19(12-16)21(27)31;16-15(20)13-9-12(7-8-17-13)21-11-4-1-10(2-5-11)3-6-14(18)19;10-8-4-1-7(2-5-8)3-6-9(11)12;8-6-2-1-4(12)3-5(6)7(9,10)11;7-5-1-2-9-6(3-5)4-8;6-5-1-3-7(8)4-2-5;1-6(2,3)4-5/h1-2,4-7,9-12H,3,8H2,(H2,27,31)(H,29,30);1-2,4-5,7-9H,3,6H2,(H2,16,20)(H,18,19);1-2,4-5,10H,3,6H2,(H,11,12);1-3H,12H2;1-3H;1-4H;1-3H3. The molecule has 9 aromatic rings. The number of alkyl halides is 6. The van der Waals surface area contributed by atoms with Gasteiger partial charge < -0.3 is 52.5 Å². The number of primary amides is 2. The largest absolute Gasteiger partial charge is 0.619 e. The lowest BCUT2D eigenvalue weighted by atomic mass is 10.1. The minimum atomic E-state index is -4.61. The number of carboxylic acid groups (broad SMARTS) is 2. The number of rotatable bonds is 16. The zero-order valence-corrected chi connectivity index (χ0v) is 57.0. The molecule has 0 saturated heterocycles. The quantitative estimate of drug-likeness (QED) is 0.0155. The molecule has 21 nitrogen and oxygen atoms in total. The van der Waals surface area contributed by atoms with Gasteiger partial charge in [0, 0.05) is 84.2 Å². The molecular weight excluding hydrogens is 1420 g/mol. The van der Waals surface area contributed by atoms with Crippen LogP contribution in [0.2, 0.25) is 39.7 Å². The number of phenolic OH excluding ortho intramolecular Hbond substituents is 1. The minimum Gasteiger partial charge on any atom is -0.619 e. The van der Waals surface area contributed by atoms with Gasteiger partial charge in [-0.05, 0) is 133 Å². The van der Waals surface area contributed by atoms with E-state index in [0.717, 1.165) is 41.0 Å². The summed E-state index contributed by atoms with van der Waals surface area (Å²) in [6.07, 6.45) is -0.373. The van der Waals surface area contributed by atoms with Gasteiger partial charge in [-0.1, -0.05) is 102 Å². The van der Waals surface area contributed by atoms with Crippen molar-refractivity contribution in [2.24, 2.45) is 11.5 Å². The number of aryl methyl sites for hydroxylation is 3. The number of aromatic hydroxyl groups is 1. The third kappa shape index (κ3) is 34.3. The lowest BCUT2D eigenvalue weighted by Crippen LogP contribution is -2.23. The Morgan fingerprint density at radius 2 is 0.970 bits per heavy atom. The molecule has 0 radical (unpaired) electrons. The number of halogens is 10. The Labute approximate surface area is 590 Å². The molecule has 9 rings (SSSR count). The third-order valence-corrected chi connectivity index (χ3v) is 13.7. The molecule has 0 fully saturated rings. The van der Waals surface area contributed by atoms with Crippen molar-refractivity contribution in [3.63, 3.8) is 0 Å². The number of ether oxygens (including phenoxy) is 2. The summed E-state index contributed by atoms with van der Waals surface area (Å²) in [5, 5.41) is 55.5. The van der Waals surface area contributed by atoms with E-state index in [-0.39, 0.29) is 52.8 Å². The molecule has 0 aliphatic carbocycles. The molecule has 0 unspecified atom stereocenters. The molecule has 3 amide bonds. The number of carbonyl (C=O) groups is 5. The van der Waals surface area contributed by atoms with Crippen LogP contribution in [0.1, 0.15) is 73.8 Å². The number of benzene rings is 5. The number of nitrogens with two attached hydrogens (primary N) is 3. The van der Waals surface area contributed by atoms with Crippen LogP contribution in [-0.2, 0) is 46.0 Å². The van der Waals surface area contributed by atoms with Crippen molar-refractivity contribution in [2.75, 3.05) is 11.1 Å². The van der Waals surface area contributed by atoms with Gasteiger partial charge in [-0.15, -0.1) is 0 Å². The molecule has 0 saturated carbocycles. The number of carbonyl (C=O) groups excluding carboxylic acids is 3. The van der Waals surface area contributed by atoms with Crippen LogP contribution < -0.4 is 36.7 Å². The Hall–Kier alpha value is -11.0. The van der Waals surface area contributed by atoms with E-state index >= 15 is 0 Å². The van der Waals surface area contributed by atoms with E-state index < -0.39 is 66.2 Å². The fourth-order valence-corrected chi connectivity index (χ4v) is 7.75. The van der Waals surface area contributed by atoms with Gasteiger partial charge in [-0.25, -0.2) is 10.2 Å². The van der Waals surface area contributed by atoms with Crippen LogP contribution in [-0.4, -0.2) is 68.0 Å². The van der Waals surface area contributed by atoms with Crippen molar-refractivity contribution >= 4 is 95.5 Å². The summed E-state index contributed by atoms with van der Waals surface area (Å²) in [5.74, 6) is -1.22. The molecule has 0 aliphatic rings. The van der Waals surface area contributed by atoms with Gasteiger partial charge in [-0.3, -0.25) is 33.9 Å². The van der Waals surface area contributed by atoms with Crippen molar-refractivity contribution in [3.8, 4) is 40.5 Å². The first-order chi connectivity index (χ1) is 46.9. The molecule has 0 bridgehead atoms. The predicted molar refractivity (Wildman–Crippen MR) is 366 cm³/mol. The summed E-state index contributed by atoms with van der Waals surface area (Å²) in [6, 6.07) is 41.1. The highest BCUT2D eigenvalue weighted by atomic mass is 35.5. The van der Waals surface area contributed by atoms with Gasteiger partial charge in [-0.2, -0.15) is 36.3 Å². The molecular formula is C68H62Cl4F6N10O11Si. The second-order valence-electron chi connectivity index (χ2n) is 21.1. The number of aromatic nitrogens is 4. The normalized spacial score (nSPS) is 10.3. The molecule has 10 N–H and O–H groups in total. The van der Waals surface area contributed by atoms with Gasteiger partial charge in [0.25, 0.3) is 11.8 Å². The van der Waals surface area contributed by atoms with Crippen LogP contribution in [0.25, 0.3) is 0 Å². The van der Waals surface area contributed by atoms with Gasteiger partial charge in [0.2, 0.25) is 5.91 Å². The van der Waals surface area contributed by atoms with Crippen molar-refractivity contribution in [3.05, 3.63) is 259 Å². The lowest BCUT2D eigenvalue weighted by Gasteiger charge is -2.12. The molecule has 32 heteroatoms. The van der Waals surface area contributed by atoms with Crippen molar-refractivity contribution in [1.29, 1.82) is 10.5 Å². The number of nitrogen functional groups attached to an aromatic ring is 1. The van der Waals surface area contributed by atoms with Crippen LogP contribution in [0.3, 0.4) is 0 Å². The SMILES string of the molecule is C[Si](C)(C)C#N.N#Cc1cc(Cl)ccn1.NC(=O)c1cc(Oc2ccc(CCC(=O)Nc3ccc(Cl)c(C(F)(F)F)c3)cc2)ccn1.NC(=O)c1cc(Oc2ccc(CCC(=O)O)cc2)ccn1.Nc1ccc(Cl)c(C(F)(F)F)c1.O=C(O)CCc1ccc(O)cc1.[O-][n+]1ccc(Cl)cc1. The topological polar surface area (TPSA) is 368 Å². The Balaban J connectivity index is 0.000000329. The number of nitriles is 2. The Morgan fingerprint density at radius 1 is 0.560 bits per heavy atom. The minimum absolute atomic E-state index is 0.0168. The van der Waals surface area contributed by atoms with Gasteiger partial charge in [0.05, 0.1) is 26.2 Å². The number of pyridine rings is 4. The number of nitrogens with zero attached hydrogens (tertiary/aromatic N) is 6. The van der Waals surface area contributed by atoms with E-state index in [0.29, 0.717) is 62.7 Å². The highest BCUT2D eigenvalue weighted by Crippen LogP contribution is 2.37. The maximum atomic E-state index is 12.9. The number of amides is 3. The highest BCUT2D eigenvalue weighted by molar-refractivity contribution is 6.83. The van der Waals surface area contributed by atoms with Crippen LogP contribution in [0.5, 0.6) is 28.7 Å². The Bertz CT molecular complexity index is 4230.